The van der Waals surface area contributed by atoms with Gasteiger partial charge in [-0.2, -0.15) is 65.9 Å². The van der Waals surface area contributed by atoms with Gasteiger partial charge in [-0.3, -0.25) is 0 Å². The Morgan fingerprint density at radius 1 is 0.367 bits per heavy atom. The summed E-state index contributed by atoms with van der Waals surface area (Å²) in [4.78, 5) is 35.8. The van der Waals surface area contributed by atoms with E-state index in [1.54, 1.807) is 43.8 Å². The minimum Gasteiger partial charge on any atom is -0.508 e. The van der Waals surface area contributed by atoms with Gasteiger partial charge in [0.2, 0.25) is 0 Å². The largest absolute Gasteiger partial charge is 0.508 e. The molecule has 0 atom stereocenters. The Morgan fingerprint density at radius 2 is 0.609 bits per heavy atom. The van der Waals surface area contributed by atoms with E-state index in [2.05, 4.69) is 45.5 Å². The number of halogens is 17. The van der Waals surface area contributed by atoms with Crippen LogP contribution in [0, 0.1) is 28.2 Å². The van der Waals surface area contributed by atoms with E-state index in [-0.39, 0.29) is 105 Å². The average Bonchev–Trinajstić information content (AvgIpc) is 0.836. The summed E-state index contributed by atoms with van der Waals surface area (Å²) >= 11 is 16.8. The van der Waals surface area contributed by atoms with E-state index in [4.69, 9.17) is 96.5 Å². The Labute approximate surface area is 759 Å². The number of carbonyl (C=O) groups is 3. The molecule has 0 aliphatic rings. The van der Waals surface area contributed by atoms with Crippen molar-refractivity contribution in [2.45, 2.75) is 95.0 Å². The number of ether oxygens (including phenoxy) is 9. The van der Waals surface area contributed by atoms with Crippen molar-refractivity contribution in [1.29, 1.82) is 0 Å². The van der Waals surface area contributed by atoms with Crippen molar-refractivity contribution in [3.05, 3.63) is 289 Å². The van der Waals surface area contributed by atoms with Crippen LogP contribution in [-0.4, -0.2) is 151 Å². The van der Waals surface area contributed by atoms with E-state index < -0.39 is 77.2 Å². The van der Waals surface area contributed by atoms with E-state index in [9.17, 15) is 80.2 Å². The van der Waals surface area contributed by atoms with Gasteiger partial charge in [-0.15, -0.1) is 59.4 Å². The molecule has 0 unspecified atom stereocenters. The highest BCUT2D eigenvalue weighted by atomic mass is 35.5. The fourth-order valence-electron chi connectivity index (χ4n) is 8.31. The summed E-state index contributed by atoms with van der Waals surface area (Å²) < 4.78 is 231. The van der Waals surface area contributed by atoms with Gasteiger partial charge in [0.25, 0.3) is 0 Å². The van der Waals surface area contributed by atoms with Gasteiger partial charge < -0.3 is 80.7 Å². The topological polar surface area (TPSA) is 256 Å². The van der Waals surface area contributed by atoms with Gasteiger partial charge in [0.15, 0.2) is 19.8 Å². The lowest BCUT2D eigenvalue weighted by atomic mass is 10.2. The van der Waals surface area contributed by atoms with Crippen LogP contribution in [0.2, 0.25) is 0 Å². The number of carboxylic acids is 1. The Morgan fingerprint density at radius 3 is 0.836 bits per heavy atom. The Hall–Kier alpha value is -10.3. The molecule has 0 aliphatic heterocycles. The van der Waals surface area contributed by atoms with Gasteiger partial charge >= 0.3 is 48.8 Å². The number of aliphatic hydroxyl groups is 4. The molecule has 8 aromatic carbocycles. The highest BCUT2D eigenvalue weighted by Crippen LogP contribution is 2.36. The molecule has 0 aliphatic carbocycles. The summed E-state index contributed by atoms with van der Waals surface area (Å²) in [6.07, 6.45) is -21.7. The molecule has 0 saturated carbocycles. The molecule has 0 saturated heterocycles. The van der Waals surface area contributed by atoms with Crippen molar-refractivity contribution in [2.75, 3.05) is 103 Å². The second-order valence-electron chi connectivity index (χ2n) is 25.0. The molecule has 8 aromatic rings. The fraction of sp³-hybridized carbons (Fsp3) is 0.311. The molecule has 0 spiro atoms. The van der Waals surface area contributed by atoms with Gasteiger partial charge in [-0.05, 0) is 255 Å². The molecule has 8 rings (SSSR count). The number of thiol groups is 1. The first-order chi connectivity index (χ1) is 58.5. The number of carboxylic acid groups (broad SMARTS) is 1. The molecule has 6 N–H and O–H groups in total. The van der Waals surface area contributed by atoms with Crippen LogP contribution in [-0.2, 0) is 54.7 Å². The molecule has 18 nitrogen and oxygen atoms in total. The maximum atomic E-state index is 12.6. The molecule has 128 heavy (non-hydrogen) atoms. The van der Waals surface area contributed by atoms with Crippen molar-refractivity contribution in [3.8, 4) is 46.0 Å². The molecule has 0 heterocycles. The number of aliphatic hydroxyl groups excluding tert-OH is 4. The summed E-state index contributed by atoms with van der Waals surface area (Å²) in [5.74, 6) is 2.28. The fourth-order valence-corrected chi connectivity index (χ4v) is 10.3. The number of aryl methyl sites for hydroxylation is 3. The predicted molar refractivity (Wildman–Crippen MR) is 471 cm³/mol. The first-order valence-electron chi connectivity index (χ1n) is 36.2. The van der Waals surface area contributed by atoms with Crippen molar-refractivity contribution in [1.82, 2.24) is 0 Å². The summed E-state index contributed by atoms with van der Waals surface area (Å²) in [7, 11) is 0. The van der Waals surface area contributed by atoms with Gasteiger partial charge in [-0.25, -0.2) is 14.4 Å². The number of hydrogen-bond donors (Lipinski definition) is 7. The predicted octanol–water partition coefficient (Wildman–Crippen LogP) is 23.5. The molecule has 710 valence electrons. The standard InChI is InChI=1S/C22H23F3O4S.C20H19F3O4S.2C11H11F3O2.C11H14O3S.C7H5F3O.C4H8O2.CH2Cl2.2CH4.CH3/c1-4-27-21(26)13-29-20-10-9-19(11-16(20)3)30-14-15(2)12-28-18-7-5-17(6-8-18)22(23,24)25;1-13(10-26-16-5-3-15(4-6-16)20(21,22)23)12-28-17-7-8-18(14(2)9-17)27-11-19(24)25;2*1-8(6-15)7-16-10-4-2-9(3-5-10)11(12,13)14;1-3-13-11(12)7-14-10-5-4-9(15)6-8(10)2;8-7(9,10)5-1-3-6(11)4-2-5;1-4(2-5)3-6;2-1-3;;;/h5-11H,2,4,12-14H2,1,3H3;3-9H,1,10-12H2,2H3,(H,24,25);2*2-5,15H,1,6-7H2;4-6,15H,3,7H2,1-2H3;1-4,11H;5-6H,1-3H2;1H2;2*1H4;1H3/q;;;;;;;;;;-1. The maximum absolute atomic E-state index is 12.6. The van der Waals surface area contributed by atoms with Crippen LogP contribution in [0.25, 0.3) is 0 Å². The van der Waals surface area contributed by atoms with Crippen LogP contribution < -0.4 is 33.2 Å². The molecular weight excluding hydrogens is 1820 g/mol. The van der Waals surface area contributed by atoms with Gasteiger partial charge in [-0.1, -0.05) is 47.7 Å². The number of benzene rings is 8. The number of thioether (sulfide) groups is 2. The monoisotopic (exact) mass is 1920 g/mol. The first kappa shape index (κ1) is 122. The number of rotatable bonds is 33. The Bertz CT molecular complexity index is 4500. The summed E-state index contributed by atoms with van der Waals surface area (Å²) in [6, 6.07) is 37.9. The third-order valence-electron chi connectivity index (χ3n) is 14.6. The van der Waals surface area contributed by atoms with E-state index >= 15 is 0 Å². The van der Waals surface area contributed by atoms with E-state index in [1.165, 1.54) is 60.3 Å². The zero-order valence-electron chi connectivity index (χ0n) is 68.9. The smallest absolute Gasteiger partial charge is 0.416 e. The van der Waals surface area contributed by atoms with Crippen molar-refractivity contribution in [3.63, 3.8) is 0 Å². The normalized spacial score (nSPS) is 10.5. The lowest BCUT2D eigenvalue weighted by Crippen LogP contribution is -2.14. The lowest BCUT2D eigenvalue weighted by molar-refractivity contribution is -0.146. The number of aromatic hydroxyl groups is 1. The Balaban J connectivity index is -0.00000147. The van der Waals surface area contributed by atoms with Crippen molar-refractivity contribution in [2.24, 2.45) is 0 Å². The number of aliphatic carboxylic acids is 1. The second kappa shape index (κ2) is 63.6. The molecule has 0 radical (unpaired) electrons. The van der Waals surface area contributed by atoms with E-state index in [0.29, 0.717) is 81.7 Å². The zero-order valence-corrected chi connectivity index (χ0v) is 72.9. The van der Waals surface area contributed by atoms with Crippen molar-refractivity contribution < 1.29 is 154 Å². The zero-order chi connectivity index (χ0) is 94.7. The summed E-state index contributed by atoms with van der Waals surface area (Å²) in [5, 5.41) is 50.9. The number of hydrogen-bond acceptors (Lipinski definition) is 20. The van der Waals surface area contributed by atoms with Crippen LogP contribution >= 0.6 is 59.4 Å². The summed E-state index contributed by atoms with van der Waals surface area (Å²) in [6.45, 7) is 27.2. The number of carbonyl (C=O) groups excluding carboxylic acids is 2. The number of phenols is 1. The molecule has 0 aromatic heterocycles. The molecule has 0 bridgehead atoms. The maximum Gasteiger partial charge on any atom is 0.416 e. The van der Waals surface area contributed by atoms with Gasteiger partial charge in [0.05, 0.1) is 72.8 Å². The van der Waals surface area contributed by atoms with Crippen LogP contribution in [0.4, 0.5) is 65.9 Å². The SMILES string of the molecule is C.C.C=C(CO)CO.C=C(CO)COc1ccc(C(F)(F)F)cc1.C=C(CO)COc1ccc(C(F)(F)F)cc1.C=C(COc1ccc(C(F)(F)F)cc1)CSc1ccc(OCC(=O)O)c(C)c1.C=C(COc1ccc(C(F)(F)F)cc1)CSc1ccc(OCC(=O)OCC)c(C)c1.CCOC(=O)COc1ccc(S)cc1C.ClCCl.Oc1ccc(C(F)(F)F)cc1.[CH3-]. The second-order valence-corrected chi connectivity index (χ2v) is 28.4. The van der Waals surface area contributed by atoms with Crippen molar-refractivity contribution >= 4 is 77.3 Å². The highest BCUT2D eigenvalue weighted by molar-refractivity contribution is 7.99. The van der Waals surface area contributed by atoms with E-state index in [1.807, 2.05) is 57.2 Å². The summed E-state index contributed by atoms with van der Waals surface area (Å²) in [5.41, 5.74) is 1.95. The molecule has 0 amide bonds. The van der Waals surface area contributed by atoms with Gasteiger partial charge in [0.1, 0.15) is 72.4 Å². The molecular formula is C90H104Cl2F15O18S3-. The number of phenolic OH excluding ortho intramolecular Hbond substituents is 1. The van der Waals surface area contributed by atoms with Crippen LogP contribution in [0.5, 0.6) is 46.0 Å². The number of esters is 2. The number of alkyl halides is 17. The minimum atomic E-state index is -4.37. The van der Waals surface area contributed by atoms with E-state index in [0.717, 1.165) is 115 Å². The molecule has 0 fully saturated rings. The highest BCUT2D eigenvalue weighted by Gasteiger charge is 2.33. The van der Waals surface area contributed by atoms with Crippen LogP contribution in [0.15, 0.2) is 251 Å². The van der Waals surface area contributed by atoms with Crippen LogP contribution in [0.1, 0.15) is 73.2 Å². The Kier molecular flexibility index (Phi) is 60.5. The molecule has 38 heteroatoms. The minimum absolute atomic E-state index is 0. The lowest BCUT2D eigenvalue weighted by Gasteiger charge is -2.12. The third kappa shape index (κ3) is 54.1. The quantitative estimate of drug-likeness (QED) is 0.00384. The van der Waals surface area contributed by atoms with Crippen LogP contribution in [0.3, 0.4) is 0 Å². The third-order valence-corrected chi connectivity index (χ3v) is 17.1. The average molecular weight is 1930 g/mol. The first-order valence-corrected chi connectivity index (χ1v) is 39.7. The van der Waals surface area contributed by atoms with Gasteiger partial charge in [0, 0.05) is 26.2 Å².